The lowest BCUT2D eigenvalue weighted by Gasteiger charge is -2.39. The Morgan fingerprint density at radius 3 is 2.67 bits per heavy atom. The van der Waals surface area contributed by atoms with Gasteiger partial charge in [-0.05, 0) is 61.1 Å². The Balaban J connectivity index is 1.18. The molecular formula is C30H39ClN2O6. The van der Waals surface area contributed by atoms with Crippen LogP contribution in [0.5, 0.6) is 11.5 Å². The van der Waals surface area contributed by atoms with E-state index < -0.39 is 6.10 Å². The molecule has 0 bridgehead atoms. The Morgan fingerprint density at radius 2 is 1.92 bits per heavy atom. The molecule has 39 heavy (non-hydrogen) atoms. The van der Waals surface area contributed by atoms with Gasteiger partial charge >= 0.3 is 0 Å². The molecule has 5 rings (SSSR count). The number of halogens is 1. The summed E-state index contributed by atoms with van der Waals surface area (Å²) < 4.78 is 12.2. The van der Waals surface area contributed by atoms with Gasteiger partial charge < -0.3 is 34.6 Å². The number of aromatic hydroxyl groups is 1. The normalized spacial score (nSPS) is 20.1. The number of aliphatic hydroxyl groups is 2. The lowest BCUT2D eigenvalue weighted by molar-refractivity contribution is -0.0835. The molecular weight excluding hydrogens is 520 g/mol. The molecule has 212 valence electrons. The summed E-state index contributed by atoms with van der Waals surface area (Å²) >= 11 is 6.16. The summed E-state index contributed by atoms with van der Waals surface area (Å²) in [6, 6.07) is 10.5. The number of carbonyl (C=O) groups excluding carboxylic acids is 1. The van der Waals surface area contributed by atoms with Gasteiger partial charge in [0, 0.05) is 43.3 Å². The SMILES string of the molecule is O=C(c1ccc(O)cc1OC[C@H](O)CN1CCC2(CC1)OCc1cc(Cl)ccc12)N(CCO)C1CCCCC1. The molecule has 0 radical (unpaired) electrons. The van der Waals surface area contributed by atoms with E-state index >= 15 is 0 Å². The van der Waals surface area contributed by atoms with Gasteiger partial charge in [-0.1, -0.05) is 36.9 Å². The van der Waals surface area contributed by atoms with Gasteiger partial charge in [0.2, 0.25) is 0 Å². The van der Waals surface area contributed by atoms with Crippen LogP contribution >= 0.6 is 11.6 Å². The highest BCUT2D eigenvalue weighted by molar-refractivity contribution is 6.30. The number of amides is 1. The molecule has 1 saturated carbocycles. The molecule has 0 unspecified atom stereocenters. The van der Waals surface area contributed by atoms with Gasteiger partial charge in [-0.2, -0.15) is 0 Å². The van der Waals surface area contributed by atoms with Crippen LogP contribution in [0, 0.1) is 0 Å². The van der Waals surface area contributed by atoms with Crippen molar-refractivity contribution in [3.63, 3.8) is 0 Å². The van der Waals surface area contributed by atoms with Crippen molar-refractivity contribution < 1.29 is 29.6 Å². The first kappa shape index (κ1) is 28.2. The van der Waals surface area contributed by atoms with Crippen LogP contribution in [0.4, 0.5) is 0 Å². The van der Waals surface area contributed by atoms with Gasteiger partial charge in [0.05, 0.1) is 24.4 Å². The number of β-amino-alcohol motifs (C(OH)–C–C–N with tert-alkyl or cyclic N) is 1. The molecule has 2 aromatic carbocycles. The minimum atomic E-state index is -0.771. The van der Waals surface area contributed by atoms with Gasteiger partial charge in [-0.25, -0.2) is 0 Å². The molecule has 1 spiro atoms. The second-order valence-corrected chi connectivity index (χ2v) is 11.5. The summed E-state index contributed by atoms with van der Waals surface area (Å²) in [4.78, 5) is 17.5. The maximum atomic E-state index is 13.5. The van der Waals surface area contributed by atoms with Crippen molar-refractivity contribution in [1.82, 2.24) is 9.80 Å². The van der Waals surface area contributed by atoms with E-state index in [9.17, 15) is 20.1 Å². The Kier molecular flexibility index (Phi) is 8.99. The predicted molar refractivity (Wildman–Crippen MR) is 148 cm³/mol. The quantitative estimate of drug-likeness (QED) is 0.426. The predicted octanol–water partition coefficient (Wildman–Crippen LogP) is 4.07. The fourth-order valence-corrected chi connectivity index (χ4v) is 6.57. The van der Waals surface area contributed by atoms with Crippen molar-refractivity contribution >= 4 is 17.5 Å². The third-order valence-corrected chi connectivity index (χ3v) is 8.67. The van der Waals surface area contributed by atoms with E-state index in [-0.39, 0.29) is 48.8 Å². The van der Waals surface area contributed by atoms with Crippen LogP contribution < -0.4 is 4.74 Å². The summed E-state index contributed by atoms with van der Waals surface area (Å²) in [5.74, 6) is 0.00629. The molecule has 1 atom stereocenters. The second kappa shape index (κ2) is 12.4. The second-order valence-electron chi connectivity index (χ2n) is 11.0. The molecule has 2 fully saturated rings. The number of fused-ring (bicyclic) bond motifs is 2. The number of piperidine rings is 1. The zero-order valence-electron chi connectivity index (χ0n) is 22.4. The standard InChI is InChI=1S/C30H39ClN2O6/c31-22-6-9-27-21(16-22)19-39-30(27)10-12-32(13-11-30)18-25(36)20-38-28-17-24(35)7-8-26(28)29(37)33(14-15-34)23-4-2-1-3-5-23/h6-9,16-17,23,25,34-36H,1-5,10-15,18-20H2/t25-/m1/s1. The number of hydrogen-bond acceptors (Lipinski definition) is 7. The zero-order valence-corrected chi connectivity index (χ0v) is 23.1. The maximum Gasteiger partial charge on any atom is 0.257 e. The molecule has 3 aliphatic rings. The summed E-state index contributed by atoms with van der Waals surface area (Å²) in [7, 11) is 0. The van der Waals surface area contributed by atoms with Crippen molar-refractivity contribution in [3.8, 4) is 11.5 Å². The lowest BCUT2D eigenvalue weighted by atomic mass is 9.84. The van der Waals surface area contributed by atoms with Crippen LogP contribution in [0.15, 0.2) is 36.4 Å². The number of phenolic OH excluding ortho intramolecular Hbond substituents is 1. The van der Waals surface area contributed by atoms with E-state index in [0.717, 1.165) is 68.6 Å². The van der Waals surface area contributed by atoms with E-state index in [1.165, 1.54) is 17.7 Å². The largest absolute Gasteiger partial charge is 0.508 e. The lowest BCUT2D eigenvalue weighted by Crippen LogP contribution is -2.46. The first-order valence-electron chi connectivity index (χ1n) is 14.1. The molecule has 8 nitrogen and oxygen atoms in total. The average Bonchev–Trinajstić information content (AvgIpc) is 3.29. The molecule has 3 N–H and O–H groups in total. The summed E-state index contributed by atoms with van der Waals surface area (Å²) in [5.41, 5.74) is 2.42. The monoisotopic (exact) mass is 558 g/mol. The molecule has 1 saturated heterocycles. The zero-order chi connectivity index (χ0) is 27.4. The van der Waals surface area contributed by atoms with Crippen LogP contribution in [-0.2, 0) is 16.9 Å². The number of ether oxygens (including phenoxy) is 2. The molecule has 1 aliphatic carbocycles. The van der Waals surface area contributed by atoms with E-state index in [2.05, 4.69) is 11.0 Å². The molecule has 1 amide bonds. The minimum absolute atomic E-state index is 0.00730. The highest BCUT2D eigenvalue weighted by atomic mass is 35.5. The first-order valence-corrected chi connectivity index (χ1v) is 14.5. The first-order chi connectivity index (χ1) is 18.9. The number of hydrogen-bond donors (Lipinski definition) is 3. The van der Waals surface area contributed by atoms with Gasteiger partial charge in [0.25, 0.3) is 5.91 Å². The smallest absolute Gasteiger partial charge is 0.257 e. The fraction of sp³-hybridized carbons (Fsp3) is 0.567. The van der Waals surface area contributed by atoms with E-state index in [4.69, 9.17) is 21.1 Å². The van der Waals surface area contributed by atoms with E-state index in [1.54, 1.807) is 11.0 Å². The molecule has 9 heteroatoms. The minimum Gasteiger partial charge on any atom is -0.508 e. The van der Waals surface area contributed by atoms with Crippen LogP contribution in [0.1, 0.15) is 66.4 Å². The molecule has 2 aliphatic heterocycles. The Labute approximate surface area is 235 Å². The van der Waals surface area contributed by atoms with Gasteiger partial charge in [-0.3, -0.25) is 4.79 Å². The van der Waals surface area contributed by atoms with Crippen molar-refractivity contribution in [2.75, 3.05) is 39.4 Å². The highest BCUT2D eigenvalue weighted by Gasteiger charge is 2.42. The summed E-state index contributed by atoms with van der Waals surface area (Å²) in [6.07, 6.45) is 6.03. The Morgan fingerprint density at radius 1 is 1.15 bits per heavy atom. The van der Waals surface area contributed by atoms with E-state index in [1.807, 2.05) is 12.1 Å². The van der Waals surface area contributed by atoms with Crippen LogP contribution in [0.25, 0.3) is 0 Å². The number of nitrogens with zero attached hydrogens (tertiary/aromatic N) is 2. The van der Waals surface area contributed by atoms with Crippen molar-refractivity contribution in [2.45, 2.75) is 69.3 Å². The maximum absolute atomic E-state index is 13.5. The van der Waals surface area contributed by atoms with Gasteiger partial charge in [0.15, 0.2) is 0 Å². The highest BCUT2D eigenvalue weighted by Crippen LogP contribution is 2.44. The fourth-order valence-electron chi connectivity index (χ4n) is 6.38. The Hall–Kier alpha value is -2.36. The third-order valence-electron chi connectivity index (χ3n) is 8.44. The van der Waals surface area contributed by atoms with Crippen LogP contribution in [-0.4, -0.2) is 82.6 Å². The van der Waals surface area contributed by atoms with Gasteiger partial charge in [-0.15, -0.1) is 0 Å². The summed E-state index contributed by atoms with van der Waals surface area (Å²) in [5, 5.41) is 31.2. The van der Waals surface area contributed by atoms with Crippen molar-refractivity contribution in [2.24, 2.45) is 0 Å². The topological polar surface area (TPSA) is 103 Å². The third kappa shape index (κ3) is 6.36. The number of likely N-dealkylation sites (tertiary alicyclic amines) is 1. The average molecular weight is 559 g/mol. The van der Waals surface area contributed by atoms with Gasteiger partial charge in [0.1, 0.15) is 24.2 Å². The number of benzene rings is 2. The molecule has 2 aromatic rings. The number of rotatable bonds is 9. The van der Waals surface area contributed by atoms with Crippen molar-refractivity contribution in [3.05, 3.63) is 58.1 Å². The Bertz CT molecular complexity index is 1150. The number of carbonyl (C=O) groups is 1. The van der Waals surface area contributed by atoms with Crippen molar-refractivity contribution in [1.29, 1.82) is 0 Å². The van der Waals surface area contributed by atoms with E-state index in [0.29, 0.717) is 18.7 Å². The molecule has 2 heterocycles. The number of phenols is 1. The van der Waals surface area contributed by atoms with Crippen LogP contribution in [0.2, 0.25) is 5.02 Å². The number of aliphatic hydroxyl groups excluding tert-OH is 2. The molecule has 0 aromatic heterocycles. The summed E-state index contributed by atoms with van der Waals surface area (Å²) in [6.45, 7) is 2.71. The van der Waals surface area contributed by atoms with Crippen LogP contribution in [0.3, 0.4) is 0 Å².